The Morgan fingerprint density at radius 2 is 2.16 bits per heavy atom. The van der Waals surface area contributed by atoms with E-state index in [9.17, 15) is 9.18 Å². The van der Waals surface area contributed by atoms with Gasteiger partial charge in [-0.2, -0.15) is 0 Å². The fourth-order valence-electron chi connectivity index (χ4n) is 2.45. The predicted molar refractivity (Wildman–Crippen MR) is 73.5 cm³/mol. The SMILES string of the molecule is CNCC1CCN(CC(=O)Nc2ccc(F)cc2)C1. The maximum atomic E-state index is 12.7. The Kier molecular flexibility index (Phi) is 4.87. The van der Waals surface area contributed by atoms with Crippen molar-refractivity contribution in [3.63, 3.8) is 0 Å². The molecule has 1 atom stereocenters. The lowest BCUT2D eigenvalue weighted by molar-refractivity contribution is -0.117. The summed E-state index contributed by atoms with van der Waals surface area (Å²) in [6, 6.07) is 5.82. The van der Waals surface area contributed by atoms with Gasteiger partial charge in [0.25, 0.3) is 0 Å². The Hall–Kier alpha value is -1.46. The second-order valence-corrected chi connectivity index (χ2v) is 5.00. The van der Waals surface area contributed by atoms with Gasteiger partial charge in [0.05, 0.1) is 6.54 Å². The molecule has 4 nitrogen and oxygen atoms in total. The molecular formula is C14H20FN3O. The molecule has 1 aliphatic heterocycles. The van der Waals surface area contributed by atoms with Gasteiger partial charge >= 0.3 is 0 Å². The number of rotatable bonds is 5. The molecule has 1 amide bonds. The highest BCUT2D eigenvalue weighted by Gasteiger charge is 2.23. The molecule has 19 heavy (non-hydrogen) atoms. The van der Waals surface area contributed by atoms with Crippen LogP contribution in [-0.2, 0) is 4.79 Å². The number of halogens is 1. The zero-order valence-electron chi connectivity index (χ0n) is 11.2. The van der Waals surface area contributed by atoms with Crippen LogP contribution in [0.2, 0.25) is 0 Å². The summed E-state index contributed by atoms with van der Waals surface area (Å²) in [5, 5.41) is 5.95. The predicted octanol–water partition coefficient (Wildman–Crippen LogP) is 1.31. The number of nitrogens with one attached hydrogen (secondary N) is 2. The summed E-state index contributed by atoms with van der Waals surface area (Å²) in [7, 11) is 1.95. The first-order valence-electron chi connectivity index (χ1n) is 6.60. The van der Waals surface area contributed by atoms with Crippen LogP contribution >= 0.6 is 0 Å². The van der Waals surface area contributed by atoms with Gasteiger partial charge in [0.2, 0.25) is 5.91 Å². The second kappa shape index (κ2) is 6.63. The lowest BCUT2D eigenvalue weighted by Gasteiger charge is -2.15. The Morgan fingerprint density at radius 1 is 1.42 bits per heavy atom. The summed E-state index contributed by atoms with van der Waals surface area (Å²) in [6.45, 7) is 3.31. The summed E-state index contributed by atoms with van der Waals surface area (Å²) < 4.78 is 12.7. The minimum atomic E-state index is -0.299. The summed E-state index contributed by atoms with van der Waals surface area (Å²) in [6.07, 6.45) is 1.13. The van der Waals surface area contributed by atoms with Gasteiger partial charge in [-0.1, -0.05) is 0 Å². The van der Waals surface area contributed by atoms with E-state index < -0.39 is 0 Å². The summed E-state index contributed by atoms with van der Waals surface area (Å²) >= 11 is 0. The van der Waals surface area contributed by atoms with E-state index in [-0.39, 0.29) is 11.7 Å². The second-order valence-electron chi connectivity index (χ2n) is 5.00. The van der Waals surface area contributed by atoms with E-state index in [1.807, 2.05) is 7.05 Å². The number of benzene rings is 1. The molecule has 5 heteroatoms. The highest BCUT2D eigenvalue weighted by atomic mass is 19.1. The fraction of sp³-hybridized carbons (Fsp3) is 0.500. The van der Waals surface area contributed by atoms with E-state index in [1.54, 1.807) is 12.1 Å². The molecule has 2 N–H and O–H groups in total. The minimum Gasteiger partial charge on any atom is -0.325 e. The third-order valence-electron chi connectivity index (χ3n) is 3.36. The number of carbonyl (C=O) groups is 1. The van der Waals surface area contributed by atoms with Crippen molar-refractivity contribution in [2.75, 3.05) is 38.5 Å². The van der Waals surface area contributed by atoms with E-state index in [4.69, 9.17) is 0 Å². The molecule has 0 spiro atoms. The first-order valence-corrected chi connectivity index (χ1v) is 6.60. The fourth-order valence-corrected chi connectivity index (χ4v) is 2.45. The van der Waals surface area contributed by atoms with Crippen LogP contribution in [0.15, 0.2) is 24.3 Å². The normalized spacial score (nSPS) is 19.6. The zero-order chi connectivity index (χ0) is 13.7. The zero-order valence-corrected chi connectivity index (χ0v) is 11.2. The summed E-state index contributed by atoms with van der Waals surface area (Å²) in [4.78, 5) is 14.0. The highest BCUT2D eigenvalue weighted by molar-refractivity contribution is 5.92. The number of hydrogen-bond acceptors (Lipinski definition) is 3. The largest absolute Gasteiger partial charge is 0.325 e. The van der Waals surface area contributed by atoms with Crippen LogP contribution in [0.4, 0.5) is 10.1 Å². The Balaban J connectivity index is 1.77. The first kappa shape index (κ1) is 14.0. The Bertz CT molecular complexity index is 421. The average molecular weight is 265 g/mol. The van der Waals surface area contributed by atoms with Gasteiger partial charge in [-0.05, 0) is 56.7 Å². The lowest BCUT2D eigenvalue weighted by Crippen LogP contribution is -2.32. The summed E-state index contributed by atoms with van der Waals surface area (Å²) in [5.41, 5.74) is 0.636. The quantitative estimate of drug-likeness (QED) is 0.843. The van der Waals surface area contributed by atoms with Gasteiger partial charge in [-0.15, -0.1) is 0 Å². The van der Waals surface area contributed by atoms with Crippen LogP contribution in [-0.4, -0.2) is 44.0 Å². The molecule has 1 fully saturated rings. The highest BCUT2D eigenvalue weighted by Crippen LogP contribution is 2.15. The number of nitrogens with zero attached hydrogens (tertiary/aromatic N) is 1. The van der Waals surface area contributed by atoms with Crippen LogP contribution in [0.1, 0.15) is 6.42 Å². The van der Waals surface area contributed by atoms with E-state index in [0.29, 0.717) is 18.2 Å². The average Bonchev–Trinajstić information content (AvgIpc) is 2.80. The molecular weight excluding hydrogens is 245 g/mol. The number of amides is 1. The number of carbonyl (C=O) groups excluding carboxylic acids is 1. The van der Waals surface area contributed by atoms with Crippen molar-refractivity contribution >= 4 is 11.6 Å². The Labute approximate surface area is 113 Å². The minimum absolute atomic E-state index is 0.0447. The van der Waals surface area contributed by atoms with Crippen LogP contribution in [0.3, 0.4) is 0 Å². The molecule has 1 aromatic rings. The van der Waals surface area contributed by atoms with Crippen molar-refractivity contribution in [1.29, 1.82) is 0 Å². The van der Waals surface area contributed by atoms with Gasteiger partial charge in [0.1, 0.15) is 5.82 Å². The smallest absolute Gasteiger partial charge is 0.238 e. The molecule has 1 heterocycles. The molecule has 0 aliphatic carbocycles. The molecule has 2 rings (SSSR count). The molecule has 1 unspecified atom stereocenters. The van der Waals surface area contributed by atoms with Crippen molar-refractivity contribution in [1.82, 2.24) is 10.2 Å². The maximum absolute atomic E-state index is 12.7. The molecule has 1 saturated heterocycles. The van der Waals surface area contributed by atoms with Crippen LogP contribution in [0.5, 0.6) is 0 Å². The van der Waals surface area contributed by atoms with Gasteiger partial charge in [0, 0.05) is 12.2 Å². The third kappa shape index (κ3) is 4.29. The van der Waals surface area contributed by atoms with Crippen molar-refractivity contribution in [3.8, 4) is 0 Å². The number of hydrogen-bond donors (Lipinski definition) is 2. The molecule has 1 aromatic carbocycles. The third-order valence-corrected chi connectivity index (χ3v) is 3.36. The van der Waals surface area contributed by atoms with Gasteiger partial charge in [-0.25, -0.2) is 4.39 Å². The Morgan fingerprint density at radius 3 is 2.84 bits per heavy atom. The van der Waals surface area contributed by atoms with Gasteiger partial charge in [-0.3, -0.25) is 9.69 Å². The molecule has 0 radical (unpaired) electrons. The standard InChI is InChI=1S/C14H20FN3O/c1-16-8-11-6-7-18(9-11)10-14(19)17-13-4-2-12(15)3-5-13/h2-5,11,16H,6-10H2,1H3,(H,17,19). The number of anilines is 1. The molecule has 0 aromatic heterocycles. The lowest BCUT2D eigenvalue weighted by atomic mass is 10.1. The monoisotopic (exact) mass is 265 g/mol. The van der Waals surface area contributed by atoms with E-state index in [1.165, 1.54) is 12.1 Å². The molecule has 0 bridgehead atoms. The maximum Gasteiger partial charge on any atom is 0.238 e. The van der Waals surface area contributed by atoms with E-state index >= 15 is 0 Å². The van der Waals surface area contributed by atoms with Crippen LogP contribution in [0.25, 0.3) is 0 Å². The molecule has 104 valence electrons. The van der Waals surface area contributed by atoms with Crippen molar-refractivity contribution in [3.05, 3.63) is 30.1 Å². The van der Waals surface area contributed by atoms with Crippen molar-refractivity contribution < 1.29 is 9.18 Å². The number of likely N-dealkylation sites (tertiary alicyclic amines) is 1. The van der Waals surface area contributed by atoms with Crippen LogP contribution < -0.4 is 10.6 Å². The van der Waals surface area contributed by atoms with Crippen LogP contribution in [0, 0.1) is 11.7 Å². The van der Waals surface area contributed by atoms with E-state index in [2.05, 4.69) is 15.5 Å². The van der Waals surface area contributed by atoms with Gasteiger partial charge in [0.15, 0.2) is 0 Å². The topological polar surface area (TPSA) is 44.4 Å². The van der Waals surface area contributed by atoms with E-state index in [0.717, 1.165) is 26.1 Å². The molecule has 1 aliphatic rings. The molecule has 0 saturated carbocycles. The van der Waals surface area contributed by atoms with Crippen molar-refractivity contribution in [2.24, 2.45) is 5.92 Å². The summed E-state index contributed by atoms with van der Waals surface area (Å²) in [5.74, 6) is 0.285. The van der Waals surface area contributed by atoms with Crippen molar-refractivity contribution in [2.45, 2.75) is 6.42 Å². The first-order chi connectivity index (χ1) is 9.17. The van der Waals surface area contributed by atoms with Gasteiger partial charge < -0.3 is 10.6 Å².